The normalized spacial score (nSPS) is 10.9. The lowest BCUT2D eigenvalue weighted by atomic mass is 10.2. The molecule has 2 aromatic heterocycles. The SMILES string of the molecule is COc1ccc(-c2nnc(NC(=O)c3sc4cc(C)ccc4c3Cl)s2)cc1. The topological polar surface area (TPSA) is 64.1 Å². The number of ether oxygens (including phenoxy) is 1. The molecule has 1 amide bonds. The fourth-order valence-corrected chi connectivity index (χ4v) is 4.85. The number of nitrogens with one attached hydrogen (secondary N) is 1. The van der Waals surface area contributed by atoms with Crippen molar-refractivity contribution in [1.29, 1.82) is 0 Å². The number of aromatic nitrogens is 2. The van der Waals surface area contributed by atoms with Crippen molar-refractivity contribution in [2.45, 2.75) is 6.92 Å². The van der Waals surface area contributed by atoms with E-state index in [0.29, 0.717) is 20.0 Å². The molecule has 0 bridgehead atoms. The van der Waals surface area contributed by atoms with Gasteiger partial charge in [0.1, 0.15) is 15.6 Å². The van der Waals surface area contributed by atoms with E-state index >= 15 is 0 Å². The number of carbonyl (C=O) groups excluding carboxylic acids is 1. The summed E-state index contributed by atoms with van der Waals surface area (Å²) in [6.07, 6.45) is 0. The Bertz CT molecular complexity index is 1140. The Morgan fingerprint density at radius 2 is 1.89 bits per heavy atom. The van der Waals surface area contributed by atoms with Crippen LogP contribution in [0.4, 0.5) is 5.13 Å². The summed E-state index contributed by atoms with van der Waals surface area (Å²) in [6.45, 7) is 2.01. The minimum absolute atomic E-state index is 0.281. The number of anilines is 1. The molecule has 136 valence electrons. The summed E-state index contributed by atoms with van der Waals surface area (Å²) in [5.74, 6) is 0.489. The maximum Gasteiger partial charge on any atom is 0.269 e. The average Bonchev–Trinajstić information content (AvgIpc) is 3.26. The van der Waals surface area contributed by atoms with Gasteiger partial charge in [-0.25, -0.2) is 0 Å². The number of benzene rings is 2. The predicted molar refractivity (Wildman–Crippen MR) is 111 cm³/mol. The number of halogens is 1. The van der Waals surface area contributed by atoms with E-state index in [1.54, 1.807) is 7.11 Å². The van der Waals surface area contributed by atoms with Crippen LogP contribution < -0.4 is 10.1 Å². The Morgan fingerprint density at radius 3 is 2.63 bits per heavy atom. The maximum absolute atomic E-state index is 12.7. The van der Waals surface area contributed by atoms with Crippen LogP contribution in [0.15, 0.2) is 42.5 Å². The second-order valence-electron chi connectivity index (χ2n) is 5.84. The third-order valence-corrected chi connectivity index (χ3v) is 6.52. The molecule has 0 spiro atoms. The monoisotopic (exact) mass is 415 g/mol. The van der Waals surface area contributed by atoms with Crippen molar-refractivity contribution >= 4 is 55.4 Å². The number of rotatable bonds is 4. The molecule has 27 heavy (non-hydrogen) atoms. The first-order chi connectivity index (χ1) is 13.0. The summed E-state index contributed by atoms with van der Waals surface area (Å²) >= 11 is 9.08. The van der Waals surface area contributed by atoms with E-state index < -0.39 is 0 Å². The van der Waals surface area contributed by atoms with Gasteiger partial charge in [-0.05, 0) is 42.8 Å². The highest BCUT2D eigenvalue weighted by Gasteiger charge is 2.19. The van der Waals surface area contributed by atoms with Crippen LogP contribution in [0.3, 0.4) is 0 Å². The van der Waals surface area contributed by atoms with Crippen LogP contribution in [0, 0.1) is 6.92 Å². The van der Waals surface area contributed by atoms with Gasteiger partial charge in [-0.2, -0.15) is 0 Å². The average molecular weight is 416 g/mol. The second kappa shape index (κ2) is 7.26. The highest BCUT2D eigenvalue weighted by atomic mass is 35.5. The van der Waals surface area contributed by atoms with Crippen LogP contribution in [0.2, 0.25) is 5.02 Å². The summed E-state index contributed by atoms with van der Waals surface area (Å²) in [5, 5.41) is 13.5. The van der Waals surface area contributed by atoms with Crippen molar-refractivity contribution in [1.82, 2.24) is 10.2 Å². The smallest absolute Gasteiger partial charge is 0.269 e. The van der Waals surface area contributed by atoms with Crippen LogP contribution in [-0.4, -0.2) is 23.2 Å². The molecule has 1 N–H and O–H groups in total. The molecule has 4 rings (SSSR count). The van der Waals surface area contributed by atoms with E-state index in [9.17, 15) is 4.79 Å². The van der Waals surface area contributed by atoms with Gasteiger partial charge in [-0.1, -0.05) is 35.1 Å². The van der Waals surface area contributed by atoms with Gasteiger partial charge >= 0.3 is 0 Å². The molecule has 5 nitrogen and oxygen atoms in total. The Kier molecular flexibility index (Phi) is 4.82. The molecule has 0 aliphatic carbocycles. The van der Waals surface area contributed by atoms with E-state index in [0.717, 1.165) is 27.0 Å². The molecule has 0 radical (unpaired) electrons. The zero-order valence-corrected chi connectivity index (χ0v) is 16.8. The van der Waals surface area contributed by atoms with E-state index in [2.05, 4.69) is 15.5 Å². The number of methoxy groups -OCH3 is 1. The minimum Gasteiger partial charge on any atom is -0.497 e. The first-order valence-electron chi connectivity index (χ1n) is 8.03. The number of carbonyl (C=O) groups is 1. The van der Waals surface area contributed by atoms with Gasteiger partial charge in [0.05, 0.1) is 12.1 Å². The molecule has 2 aromatic carbocycles. The quantitative estimate of drug-likeness (QED) is 0.468. The summed E-state index contributed by atoms with van der Waals surface area (Å²) < 4.78 is 6.14. The van der Waals surface area contributed by atoms with Crippen molar-refractivity contribution in [3.05, 3.63) is 57.9 Å². The number of aryl methyl sites for hydroxylation is 1. The second-order valence-corrected chi connectivity index (χ2v) is 8.25. The molecule has 0 saturated heterocycles. The molecule has 0 atom stereocenters. The lowest BCUT2D eigenvalue weighted by Crippen LogP contribution is -2.10. The molecule has 8 heteroatoms. The first-order valence-corrected chi connectivity index (χ1v) is 10.0. The van der Waals surface area contributed by atoms with E-state index in [4.69, 9.17) is 16.3 Å². The van der Waals surface area contributed by atoms with Gasteiger partial charge in [0.15, 0.2) is 0 Å². The van der Waals surface area contributed by atoms with Gasteiger partial charge in [0.25, 0.3) is 5.91 Å². The number of hydrogen-bond donors (Lipinski definition) is 1. The van der Waals surface area contributed by atoms with Gasteiger partial charge in [-0.15, -0.1) is 21.5 Å². The van der Waals surface area contributed by atoms with E-state index in [1.165, 1.54) is 22.7 Å². The van der Waals surface area contributed by atoms with Crippen molar-refractivity contribution in [3.8, 4) is 16.3 Å². The molecular formula is C19H14ClN3O2S2. The van der Waals surface area contributed by atoms with Crippen LogP contribution in [0.1, 0.15) is 15.2 Å². The predicted octanol–water partition coefficient (Wildman–Crippen LogP) is 5.64. The molecule has 0 saturated carbocycles. The van der Waals surface area contributed by atoms with Crippen LogP contribution >= 0.6 is 34.3 Å². The molecule has 0 aliphatic heterocycles. The number of hydrogen-bond acceptors (Lipinski definition) is 6. The fourth-order valence-electron chi connectivity index (χ4n) is 2.60. The minimum atomic E-state index is -0.281. The van der Waals surface area contributed by atoms with Gasteiger partial charge in [-0.3, -0.25) is 10.1 Å². The maximum atomic E-state index is 12.7. The highest BCUT2D eigenvalue weighted by Crippen LogP contribution is 2.36. The Labute approximate surface area is 168 Å². The summed E-state index contributed by atoms with van der Waals surface area (Å²) in [6, 6.07) is 13.4. The molecule has 0 unspecified atom stereocenters. The lowest BCUT2D eigenvalue weighted by molar-refractivity contribution is 0.103. The van der Waals surface area contributed by atoms with E-state index in [1.807, 2.05) is 49.4 Å². The summed E-state index contributed by atoms with van der Waals surface area (Å²) in [7, 11) is 1.62. The lowest BCUT2D eigenvalue weighted by Gasteiger charge is -2.00. The standard InChI is InChI=1S/C19H14ClN3O2S2/c1-10-3-8-13-14(9-10)26-16(15(13)20)17(24)21-19-23-22-18(27-19)11-4-6-12(25-2)7-5-11/h3-9H,1-2H3,(H,21,23,24). The van der Waals surface area contributed by atoms with Crippen molar-refractivity contribution in [2.24, 2.45) is 0 Å². The van der Waals surface area contributed by atoms with Crippen molar-refractivity contribution in [3.63, 3.8) is 0 Å². The Hall–Kier alpha value is -2.48. The molecule has 4 aromatic rings. The third kappa shape index (κ3) is 3.53. The number of thiophene rings is 1. The fraction of sp³-hybridized carbons (Fsp3) is 0.105. The van der Waals surface area contributed by atoms with Crippen LogP contribution in [0.5, 0.6) is 5.75 Å². The Morgan fingerprint density at radius 1 is 1.11 bits per heavy atom. The molecule has 2 heterocycles. The summed E-state index contributed by atoms with van der Waals surface area (Å²) in [4.78, 5) is 13.1. The van der Waals surface area contributed by atoms with Gasteiger partial charge in [0.2, 0.25) is 5.13 Å². The highest BCUT2D eigenvalue weighted by molar-refractivity contribution is 7.22. The summed E-state index contributed by atoms with van der Waals surface area (Å²) in [5.41, 5.74) is 2.03. The zero-order valence-electron chi connectivity index (χ0n) is 14.4. The van der Waals surface area contributed by atoms with Gasteiger partial charge < -0.3 is 4.74 Å². The first kappa shape index (κ1) is 17.9. The molecular weight excluding hydrogens is 402 g/mol. The zero-order chi connectivity index (χ0) is 19.0. The van der Waals surface area contributed by atoms with Crippen LogP contribution in [-0.2, 0) is 0 Å². The van der Waals surface area contributed by atoms with Crippen molar-refractivity contribution in [2.75, 3.05) is 12.4 Å². The molecule has 0 aliphatic rings. The molecule has 0 fully saturated rings. The third-order valence-electron chi connectivity index (χ3n) is 3.97. The van der Waals surface area contributed by atoms with Crippen molar-refractivity contribution < 1.29 is 9.53 Å². The van der Waals surface area contributed by atoms with E-state index in [-0.39, 0.29) is 5.91 Å². The number of fused-ring (bicyclic) bond motifs is 1. The number of nitrogens with zero attached hydrogens (tertiary/aromatic N) is 2. The largest absolute Gasteiger partial charge is 0.497 e. The number of amides is 1. The van der Waals surface area contributed by atoms with Crippen LogP contribution in [0.25, 0.3) is 20.7 Å². The Balaban J connectivity index is 1.56. The van der Waals surface area contributed by atoms with Gasteiger partial charge in [0, 0.05) is 15.6 Å².